The molecule has 0 radical (unpaired) electrons. The van der Waals surface area contributed by atoms with Gasteiger partial charge in [-0.25, -0.2) is 9.80 Å². The summed E-state index contributed by atoms with van der Waals surface area (Å²) in [7, 11) is 0. The van der Waals surface area contributed by atoms with Gasteiger partial charge in [-0.05, 0) is 13.0 Å². The molecule has 0 bridgehead atoms. The second kappa shape index (κ2) is 7.41. The molecule has 1 aromatic rings. The van der Waals surface area contributed by atoms with Crippen LogP contribution in [-0.4, -0.2) is 40.8 Å². The van der Waals surface area contributed by atoms with Gasteiger partial charge in [-0.3, -0.25) is 15.5 Å². The Morgan fingerprint density at radius 2 is 2.20 bits per heavy atom. The Labute approximate surface area is 116 Å². The molecule has 1 aromatic carbocycles. The normalized spacial score (nSPS) is 10.4. The highest BCUT2D eigenvalue weighted by atomic mass is 16.6. The number of rotatable bonds is 6. The molecule has 0 aliphatic rings. The molecule has 0 saturated carbocycles. The van der Waals surface area contributed by atoms with Gasteiger partial charge in [0, 0.05) is 19.2 Å². The first-order valence-electron chi connectivity index (χ1n) is 6.17. The van der Waals surface area contributed by atoms with E-state index in [9.17, 15) is 14.9 Å². The van der Waals surface area contributed by atoms with E-state index < -0.39 is 11.0 Å². The zero-order chi connectivity index (χ0) is 15.1. The van der Waals surface area contributed by atoms with Crippen LogP contribution in [-0.2, 0) is 0 Å². The van der Waals surface area contributed by atoms with Crippen LogP contribution in [0.5, 0.6) is 0 Å². The van der Waals surface area contributed by atoms with Crippen LogP contribution < -0.4 is 10.7 Å². The molecule has 0 aromatic heterocycles. The fraction of sp³-hybridized carbons (Fsp3) is 0.417. The Kier molecular flexibility index (Phi) is 5.88. The summed E-state index contributed by atoms with van der Waals surface area (Å²) in [6.45, 7) is 4.15. The number of aliphatic hydroxyl groups excluding tert-OH is 1. The molecule has 0 aliphatic heterocycles. The molecule has 3 N–H and O–H groups in total. The summed E-state index contributed by atoms with van der Waals surface area (Å²) in [6.07, 6.45) is 0. The maximum atomic E-state index is 11.8. The van der Waals surface area contributed by atoms with Crippen molar-refractivity contribution in [3.8, 4) is 0 Å². The zero-order valence-corrected chi connectivity index (χ0v) is 11.4. The Hall–Kier alpha value is -2.19. The Bertz CT molecular complexity index is 492. The number of aliphatic hydroxyl groups is 1. The molecule has 0 unspecified atom stereocenters. The van der Waals surface area contributed by atoms with Crippen LogP contribution in [0.25, 0.3) is 0 Å². The third-order valence-corrected chi connectivity index (χ3v) is 2.76. The van der Waals surface area contributed by atoms with Crippen molar-refractivity contribution in [3.63, 3.8) is 0 Å². The summed E-state index contributed by atoms with van der Waals surface area (Å²) >= 11 is 0. The van der Waals surface area contributed by atoms with E-state index in [4.69, 9.17) is 5.11 Å². The molecule has 0 heterocycles. The van der Waals surface area contributed by atoms with Crippen LogP contribution >= 0.6 is 0 Å². The van der Waals surface area contributed by atoms with Gasteiger partial charge in [0.05, 0.1) is 22.8 Å². The maximum Gasteiger partial charge on any atom is 0.333 e. The van der Waals surface area contributed by atoms with Crippen LogP contribution in [0.4, 0.5) is 16.2 Å². The summed E-state index contributed by atoms with van der Waals surface area (Å²) in [5.41, 5.74) is 3.25. The summed E-state index contributed by atoms with van der Waals surface area (Å²) in [6, 6.07) is 3.96. The van der Waals surface area contributed by atoms with Crippen LogP contribution in [0.1, 0.15) is 12.5 Å². The zero-order valence-electron chi connectivity index (χ0n) is 11.4. The maximum absolute atomic E-state index is 11.8. The highest BCUT2D eigenvalue weighted by molar-refractivity contribution is 5.90. The highest BCUT2D eigenvalue weighted by Gasteiger charge is 2.15. The second-order valence-electron chi connectivity index (χ2n) is 4.08. The first kappa shape index (κ1) is 15.9. The number of hydrazine groups is 1. The minimum absolute atomic E-state index is 0.0505. The van der Waals surface area contributed by atoms with Gasteiger partial charge < -0.3 is 10.4 Å². The average molecular weight is 282 g/mol. The molecule has 0 fully saturated rings. The fourth-order valence-electron chi connectivity index (χ4n) is 1.66. The van der Waals surface area contributed by atoms with E-state index in [-0.39, 0.29) is 12.3 Å². The number of hydrogen-bond acceptors (Lipinski definition) is 5. The summed E-state index contributed by atoms with van der Waals surface area (Å²) < 4.78 is 0. The number of nitrogens with zero attached hydrogens (tertiary/aromatic N) is 2. The summed E-state index contributed by atoms with van der Waals surface area (Å²) in [4.78, 5) is 22.1. The highest BCUT2D eigenvalue weighted by Crippen LogP contribution is 2.24. The largest absolute Gasteiger partial charge is 0.395 e. The lowest BCUT2D eigenvalue weighted by Crippen LogP contribution is -2.45. The van der Waals surface area contributed by atoms with Gasteiger partial charge in [0.25, 0.3) is 5.69 Å². The van der Waals surface area contributed by atoms with E-state index in [2.05, 4.69) is 10.7 Å². The Morgan fingerprint density at radius 1 is 1.50 bits per heavy atom. The number of nitrogens with one attached hydrogen (secondary N) is 2. The number of amides is 2. The molecule has 20 heavy (non-hydrogen) atoms. The smallest absolute Gasteiger partial charge is 0.333 e. The molecular weight excluding hydrogens is 264 g/mol. The molecule has 0 spiro atoms. The minimum atomic E-state index is -0.510. The number of carbonyl (C=O) groups is 1. The predicted octanol–water partition coefficient (Wildman–Crippen LogP) is 1.25. The van der Waals surface area contributed by atoms with Crippen molar-refractivity contribution in [1.82, 2.24) is 10.4 Å². The van der Waals surface area contributed by atoms with Crippen LogP contribution in [0, 0.1) is 17.0 Å². The molecule has 1 rings (SSSR count). The lowest BCUT2D eigenvalue weighted by molar-refractivity contribution is -0.385. The lowest BCUT2D eigenvalue weighted by Gasteiger charge is -2.20. The van der Waals surface area contributed by atoms with Crippen molar-refractivity contribution >= 4 is 17.4 Å². The molecule has 8 nitrogen and oxygen atoms in total. The standard InChI is InChI=1S/C12H18N4O4/c1-3-15(7-8-17)14-12(18)13-10-5-4-6-11(9(10)2)16(19)20/h4-6,17H,3,7-8H2,1-2H3,(H2,13,14,18). The molecule has 8 heteroatoms. The van der Waals surface area contributed by atoms with Crippen molar-refractivity contribution in [2.75, 3.05) is 25.0 Å². The third kappa shape index (κ3) is 4.18. The molecule has 0 aliphatic carbocycles. The second-order valence-corrected chi connectivity index (χ2v) is 4.08. The lowest BCUT2D eigenvalue weighted by atomic mass is 10.1. The van der Waals surface area contributed by atoms with Gasteiger partial charge in [-0.1, -0.05) is 13.0 Å². The van der Waals surface area contributed by atoms with E-state index in [0.717, 1.165) is 0 Å². The van der Waals surface area contributed by atoms with E-state index >= 15 is 0 Å². The SMILES string of the molecule is CCN(CCO)NC(=O)Nc1cccc([N+](=O)[O-])c1C. The molecule has 110 valence electrons. The van der Waals surface area contributed by atoms with Gasteiger partial charge in [0.15, 0.2) is 0 Å². The van der Waals surface area contributed by atoms with E-state index in [1.54, 1.807) is 13.0 Å². The average Bonchev–Trinajstić information content (AvgIpc) is 2.40. The van der Waals surface area contributed by atoms with Crippen molar-refractivity contribution in [2.45, 2.75) is 13.8 Å². The summed E-state index contributed by atoms with van der Waals surface area (Å²) in [5.74, 6) is 0. The minimum Gasteiger partial charge on any atom is -0.395 e. The van der Waals surface area contributed by atoms with E-state index in [0.29, 0.717) is 24.3 Å². The molecule has 0 saturated heterocycles. The Morgan fingerprint density at radius 3 is 2.75 bits per heavy atom. The van der Waals surface area contributed by atoms with Gasteiger partial charge in [-0.15, -0.1) is 0 Å². The van der Waals surface area contributed by atoms with Crippen molar-refractivity contribution in [1.29, 1.82) is 0 Å². The molecule has 0 atom stereocenters. The quantitative estimate of drug-likeness (QED) is 0.537. The number of anilines is 1. The van der Waals surface area contributed by atoms with Crippen LogP contribution in [0.2, 0.25) is 0 Å². The first-order chi connectivity index (χ1) is 9.49. The van der Waals surface area contributed by atoms with Gasteiger partial charge in [0.2, 0.25) is 0 Å². The van der Waals surface area contributed by atoms with E-state index in [1.807, 2.05) is 6.92 Å². The topological polar surface area (TPSA) is 108 Å². The number of carbonyl (C=O) groups excluding carboxylic acids is 1. The predicted molar refractivity (Wildman–Crippen MR) is 74.3 cm³/mol. The number of benzene rings is 1. The van der Waals surface area contributed by atoms with Crippen molar-refractivity contribution in [2.24, 2.45) is 0 Å². The molecule has 2 amide bonds. The van der Waals surface area contributed by atoms with Crippen molar-refractivity contribution in [3.05, 3.63) is 33.9 Å². The number of nitro groups is 1. The third-order valence-electron chi connectivity index (χ3n) is 2.76. The monoisotopic (exact) mass is 282 g/mol. The van der Waals surface area contributed by atoms with Crippen LogP contribution in [0.15, 0.2) is 18.2 Å². The molecular formula is C12H18N4O4. The van der Waals surface area contributed by atoms with Crippen molar-refractivity contribution < 1.29 is 14.8 Å². The van der Waals surface area contributed by atoms with Gasteiger partial charge in [0.1, 0.15) is 0 Å². The fourth-order valence-corrected chi connectivity index (χ4v) is 1.66. The Balaban J connectivity index is 2.76. The summed E-state index contributed by atoms with van der Waals surface area (Å²) in [5, 5.41) is 23.7. The number of hydrogen-bond donors (Lipinski definition) is 3. The number of urea groups is 1. The van der Waals surface area contributed by atoms with E-state index in [1.165, 1.54) is 17.1 Å². The number of likely N-dealkylation sites (N-methyl/N-ethyl adjacent to an activating group) is 1. The van der Waals surface area contributed by atoms with Gasteiger partial charge >= 0.3 is 6.03 Å². The number of nitro benzene ring substituents is 1. The van der Waals surface area contributed by atoms with Crippen LogP contribution in [0.3, 0.4) is 0 Å². The first-order valence-corrected chi connectivity index (χ1v) is 6.17. The van der Waals surface area contributed by atoms with Gasteiger partial charge in [-0.2, -0.15) is 0 Å².